The molecule has 0 bridgehead atoms. The Labute approximate surface area is 249 Å². The second-order valence-electron chi connectivity index (χ2n) is 11.2. The first-order chi connectivity index (χ1) is 16.8. The summed E-state index contributed by atoms with van der Waals surface area (Å²) in [6.45, 7) is 25.9. The van der Waals surface area contributed by atoms with Gasteiger partial charge < -0.3 is 21.9 Å². The van der Waals surface area contributed by atoms with Crippen LogP contribution in [0.15, 0.2) is 72.8 Å². The van der Waals surface area contributed by atoms with Crippen molar-refractivity contribution in [3.05, 3.63) is 111 Å². The average Bonchev–Trinajstić information content (AvgIpc) is 2.78. The minimum absolute atomic E-state index is 0. The Hall–Kier alpha value is -1.41. The quantitative estimate of drug-likeness (QED) is 0.168. The zero-order valence-electron chi connectivity index (χ0n) is 24.6. The van der Waals surface area contributed by atoms with Crippen LogP contribution in [0.2, 0.25) is 44.1 Å². The van der Waals surface area contributed by atoms with Gasteiger partial charge in [0.05, 0.1) is 0 Å². The Morgan fingerprint density at radius 3 is 0.838 bits per heavy atom. The van der Waals surface area contributed by atoms with Crippen molar-refractivity contribution in [1.29, 1.82) is 0 Å². The molecule has 0 aliphatic heterocycles. The molecule has 3 rings (SSSR count). The van der Waals surface area contributed by atoms with E-state index in [1.807, 2.05) is 0 Å². The molecular weight excluding hydrogens is 578 g/mol. The van der Waals surface area contributed by atoms with Gasteiger partial charge in [0, 0.05) is 0 Å². The molecule has 0 N–H and O–H groups in total. The Morgan fingerprint density at radius 1 is 0.459 bits per heavy atom. The normalized spacial score (nSPS) is 11.7. The molecule has 0 saturated heterocycles. The van der Waals surface area contributed by atoms with Crippen molar-refractivity contribution >= 4 is 41.8 Å². The van der Waals surface area contributed by atoms with Crippen LogP contribution >= 0.6 is 0 Å². The van der Waals surface area contributed by atoms with Gasteiger partial charge in [-0.3, -0.25) is 0 Å². The summed E-state index contributed by atoms with van der Waals surface area (Å²) in [7, 11) is -6.39. The molecule has 3 aromatic carbocycles. The maximum atomic E-state index is 5.46. The van der Waals surface area contributed by atoms with Crippen molar-refractivity contribution in [3.8, 4) is 0 Å². The van der Waals surface area contributed by atoms with E-state index >= 15 is 0 Å². The standard InChI is InChI=1S/C28H40N3Si3.C2H5.Zr/c1-22-10-16-25(17-11-22)29-32(4,5)28(33(6,7)30-26-18-12-23(2)13-19-26)34(8,9)31-27-20-14-24(3)15-21-27;1-2;/h10-21,28H,1-9H3;1H2,2H3;/q-3;-1;+4. The summed E-state index contributed by atoms with van der Waals surface area (Å²) in [5, 5.41) is 0. The predicted octanol–water partition coefficient (Wildman–Crippen LogP) is 10.9. The number of rotatable bonds is 9. The van der Waals surface area contributed by atoms with E-state index in [0.717, 1.165) is 17.1 Å². The smallest absolute Gasteiger partial charge is 0.687 e. The summed E-state index contributed by atoms with van der Waals surface area (Å²) >= 11 is 0. The predicted molar refractivity (Wildman–Crippen MR) is 170 cm³/mol. The maximum absolute atomic E-state index is 5.46. The van der Waals surface area contributed by atoms with Crippen molar-refractivity contribution < 1.29 is 26.2 Å². The summed E-state index contributed by atoms with van der Waals surface area (Å²) < 4.78 is 0. The van der Waals surface area contributed by atoms with Crippen LogP contribution in [0.1, 0.15) is 23.6 Å². The Kier molecular flexibility index (Phi) is 12.8. The zero-order valence-corrected chi connectivity index (χ0v) is 30.0. The summed E-state index contributed by atoms with van der Waals surface area (Å²) in [6, 6.07) is 26.0. The van der Waals surface area contributed by atoms with Gasteiger partial charge in [0.1, 0.15) is 0 Å². The Balaban J connectivity index is 0.00000223. The maximum Gasteiger partial charge on any atom is 4.00 e. The molecule has 3 aromatic rings. The first kappa shape index (κ1) is 33.6. The van der Waals surface area contributed by atoms with Crippen molar-refractivity contribution in [3.63, 3.8) is 0 Å². The Bertz CT molecular complexity index is 939. The van der Waals surface area contributed by atoms with E-state index in [2.05, 4.69) is 140 Å². The van der Waals surface area contributed by atoms with Crippen LogP contribution in [0, 0.1) is 27.7 Å². The van der Waals surface area contributed by atoms with E-state index in [4.69, 9.17) is 14.9 Å². The average molecular weight is 623 g/mol. The number of hydrogen-bond donors (Lipinski definition) is 0. The molecule has 0 spiro atoms. The van der Waals surface area contributed by atoms with Gasteiger partial charge in [-0.25, -0.2) is 0 Å². The van der Waals surface area contributed by atoms with Crippen LogP contribution in [-0.2, 0) is 26.2 Å². The van der Waals surface area contributed by atoms with E-state index in [-0.39, 0.29) is 26.2 Å². The zero-order chi connectivity index (χ0) is 27.1. The van der Waals surface area contributed by atoms with Gasteiger partial charge in [-0.15, -0.1) is 17.1 Å². The first-order valence-corrected chi connectivity index (χ1v) is 22.0. The minimum atomic E-state index is -2.13. The van der Waals surface area contributed by atoms with Gasteiger partial charge in [-0.1, -0.05) is 158 Å². The Morgan fingerprint density at radius 2 is 0.649 bits per heavy atom. The molecule has 0 radical (unpaired) electrons. The second kappa shape index (κ2) is 14.1. The molecule has 0 saturated carbocycles. The fraction of sp³-hybridized carbons (Fsp3) is 0.367. The summed E-state index contributed by atoms with van der Waals surface area (Å²) in [6.07, 6.45) is 0. The molecule has 0 aliphatic carbocycles. The molecule has 0 unspecified atom stereocenters. The number of benzene rings is 3. The van der Waals surface area contributed by atoms with Crippen LogP contribution in [0.5, 0.6) is 0 Å². The fourth-order valence-electron chi connectivity index (χ4n) is 5.64. The van der Waals surface area contributed by atoms with Crippen molar-refractivity contribution in [2.45, 2.75) is 71.8 Å². The summed E-state index contributed by atoms with van der Waals surface area (Å²) in [5.41, 5.74) is 7.07. The van der Waals surface area contributed by atoms with Crippen molar-refractivity contribution in [2.24, 2.45) is 0 Å². The summed E-state index contributed by atoms with van der Waals surface area (Å²) in [4.78, 5) is 16.8. The van der Waals surface area contributed by atoms with Gasteiger partial charge in [0.2, 0.25) is 0 Å². The largest absolute Gasteiger partial charge is 4.00 e. The molecule has 0 aromatic heterocycles. The molecule has 0 atom stereocenters. The molecule has 0 fully saturated rings. The van der Waals surface area contributed by atoms with E-state index in [9.17, 15) is 0 Å². The minimum Gasteiger partial charge on any atom is -0.687 e. The van der Waals surface area contributed by atoms with Gasteiger partial charge >= 0.3 is 26.2 Å². The topological polar surface area (TPSA) is 42.3 Å². The van der Waals surface area contributed by atoms with E-state index in [1.54, 1.807) is 6.92 Å². The summed E-state index contributed by atoms with van der Waals surface area (Å²) in [5.74, 6) is 0. The van der Waals surface area contributed by atoms with Crippen LogP contribution in [0.4, 0.5) is 17.1 Å². The van der Waals surface area contributed by atoms with Crippen LogP contribution < -0.4 is 0 Å². The fourth-order valence-corrected chi connectivity index (χ4v) is 30.4. The third-order valence-corrected chi connectivity index (χ3v) is 25.9. The SMILES string of the molecule is Cc1ccc([N-][Si](C)(C)C([Si](C)(C)[N-]c2ccc(C)cc2)[Si](C)(C)[N-]c2ccc(C)cc2)cc1.[CH2-]C.[Zr+4]. The third-order valence-electron chi connectivity index (χ3n) is 6.47. The molecule has 7 heteroatoms. The van der Waals surface area contributed by atoms with Gasteiger partial charge in [-0.2, -0.15) is 6.92 Å². The molecule has 0 heterocycles. The molecule has 37 heavy (non-hydrogen) atoms. The first-order valence-electron chi connectivity index (χ1n) is 12.9. The van der Waals surface area contributed by atoms with E-state index < -0.39 is 24.7 Å². The van der Waals surface area contributed by atoms with Crippen LogP contribution in [-0.4, -0.2) is 24.7 Å². The monoisotopic (exact) mass is 621 g/mol. The van der Waals surface area contributed by atoms with Gasteiger partial charge in [0.25, 0.3) is 0 Å². The number of aryl methyl sites for hydroxylation is 3. The van der Waals surface area contributed by atoms with E-state index in [1.165, 1.54) is 16.7 Å². The molecule has 0 aliphatic rings. The van der Waals surface area contributed by atoms with Crippen molar-refractivity contribution in [2.75, 3.05) is 0 Å². The molecule has 196 valence electrons. The third kappa shape index (κ3) is 9.69. The van der Waals surface area contributed by atoms with E-state index in [0.29, 0.717) is 4.79 Å². The van der Waals surface area contributed by atoms with Gasteiger partial charge in [-0.05, 0) is 20.8 Å². The van der Waals surface area contributed by atoms with Gasteiger partial charge in [0.15, 0.2) is 0 Å². The molecule has 0 amide bonds. The second-order valence-corrected chi connectivity index (χ2v) is 25.3. The molecular formula is C30H45N3Si3Zr. The number of hydrogen-bond acceptors (Lipinski definition) is 0. The molecule has 3 nitrogen and oxygen atoms in total. The van der Waals surface area contributed by atoms with Crippen LogP contribution in [0.3, 0.4) is 0 Å². The van der Waals surface area contributed by atoms with Crippen molar-refractivity contribution in [1.82, 2.24) is 0 Å². The number of nitrogens with zero attached hydrogens (tertiary/aromatic N) is 3. The van der Waals surface area contributed by atoms with Crippen LogP contribution in [0.25, 0.3) is 14.9 Å².